The van der Waals surface area contributed by atoms with Crippen LogP contribution in [0.1, 0.15) is 88.8 Å². The van der Waals surface area contributed by atoms with Crippen molar-refractivity contribution in [3.05, 3.63) is 129 Å². The summed E-state index contributed by atoms with van der Waals surface area (Å²) in [5, 5.41) is 3.54. The first-order chi connectivity index (χ1) is 21.0. The Hall–Kier alpha value is -1.36. The fraction of sp³-hybridized carbons (Fsp3) is 0.381. The standard InChI is InChI=1S/2C17H23Si.C8H9.3ClH.Ti/c2*1-11-7-8-16(10-12(11)2)18-17(6)14(4)9-13(3)15(17)5;1-7-4-3-5-8(2)6-7;;;;/h2*7-8,10H,18H2,1-6H3;4-6H,1-2H3;3*1H;/q;;;;;;+3/p-3. The van der Waals surface area contributed by atoms with Crippen molar-refractivity contribution < 1.29 is 55.1 Å². The van der Waals surface area contributed by atoms with Gasteiger partial charge in [0.2, 0.25) is 0 Å². The Morgan fingerprint density at radius 2 is 0.792 bits per heavy atom. The summed E-state index contributed by atoms with van der Waals surface area (Å²) in [5.41, 5.74) is 18.3. The van der Waals surface area contributed by atoms with E-state index in [1.807, 2.05) is 0 Å². The molecule has 0 nitrogen and oxygen atoms in total. The molecule has 0 aliphatic heterocycles. The zero-order chi connectivity index (χ0) is 33.2. The summed E-state index contributed by atoms with van der Waals surface area (Å²) in [7, 11) is -1.18. The van der Waals surface area contributed by atoms with E-state index in [-0.39, 0.29) is 47.3 Å². The first-order valence-corrected chi connectivity index (χ1v) is 22.0. The fourth-order valence-electron chi connectivity index (χ4n) is 8.34. The maximum Gasteiger partial charge on any atom is -1.00 e. The third-order valence-corrected chi connectivity index (χ3v) is 22.7. The first-order valence-electron chi connectivity index (χ1n) is 16.9. The Morgan fingerprint density at radius 1 is 0.438 bits per heavy atom. The largest absolute Gasteiger partial charge is 1.00 e. The topological polar surface area (TPSA) is 0 Å². The smallest absolute Gasteiger partial charge is 1.00 e. The Balaban J connectivity index is 0.00000267. The van der Waals surface area contributed by atoms with Gasteiger partial charge in [-0.25, -0.2) is 0 Å². The molecule has 0 bridgehead atoms. The summed E-state index contributed by atoms with van der Waals surface area (Å²) in [6, 6.07) is 22.0. The molecule has 0 N–H and O–H groups in total. The van der Waals surface area contributed by atoms with E-state index in [2.05, 4.69) is 152 Å². The van der Waals surface area contributed by atoms with Crippen LogP contribution < -0.4 is 51.5 Å². The molecule has 0 aromatic heterocycles. The number of benzene rings is 3. The van der Waals surface area contributed by atoms with E-state index in [9.17, 15) is 0 Å². The van der Waals surface area contributed by atoms with Gasteiger partial charge in [0.05, 0.1) is 0 Å². The van der Waals surface area contributed by atoms with Crippen molar-refractivity contribution in [3.8, 4) is 0 Å². The average molecular weight is 770 g/mol. The number of allylic oxidation sites excluding steroid dienone is 8. The number of hydrogen-bond acceptors (Lipinski definition) is 0. The second-order valence-corrected chi connectivity index (χ2v) is 23.9. The molecule has 0 amide bonds. The average Bonchev–Trinajstić information content (AvgIpc) is 3.23. The van der Waals surface area contributed by atoms with Crippen molar-refractivity contribution in [2.45, 2.75) is 107 Å². The molecule has 3 aromatic rings. The van der Waals surface area contributed by atoms with Crippen LogP contribution in [0.5, 0.6) is 0 Å². The molecule has 0 saturated carbocycles. The van der Waals surface area contributed by atoms with Gasteiger partial charge in [-0.05, 0) is 0 Å². The summed E-state index contributed by atoms with van der Waals surface area (Å²) < 4.78 is 5.15. The molecule has 3 aromatic carbocycles. The van der Waals surface area contributed by atoms with E-state index in [1.54, 1.807) is 55.4 Å². The summed E-state index contributed by atoms with van der Waals surface area (Å²) in [6.45, 7) is 33.8. The van der Waals surface area contributed by atoms with Gasteiger partial charge in [-0.3, -0.25) is 0 Å². The maximum atomic E-state index is 2.59. The Kier molecular flexibility index (Phi) is 14.2. The molecule has 5 rings (SSSR count). The zero-order valence-corrected chi connectivity index (χ0v) is 38.4. The van der Waals surface area contributed by atoms with Crippen LogP contribution in [0.15, 0.2) is 95.8 Å². The second-order valence-electron chi connectivity index (χ2n) is 15.1. The molecule has 2 unspecified atom stereocenters. The van der Waals surface area contributed by atoms with E-state index in [1.165, 1.54) is 33.4 Å². The van der Waals surface area contributed by atoms with Gasteiger partial charge >= 0.3 is 287 Å². The van der Waals surface area contributed by atoms with Crippen molar-refractivity contribution in [2.75, 3.05) is 0 Å². The van der Waals surface area contributed by atoms with E-state index >= 15 is 0 Å². The SMILES string of the molecule is CC1=C(C)C(C)([SiH2]c2ccc(C)c(C)c2)C(C)=[C]1[Ti+3]([C]1=C(C)C(C)([SiH2]c2ccc(C)c(C)c2)C(C)=C1C)[c]1cc(C)cc(C)c1.[Cl-].[Cl-].[Cl-]. The minimum absolute atomic E-state index is 0. The molecule has 2 aliphatic rings. The molecular formula is C42H55Cl3Si2Ti. The number of hydrogen-bond donors (Lipinski definition) is 0. The molecule has 2 aliphatic carbocycles. The van der Waals surface area contributed by atoms with Crippen LogP contribution in [0.3, 0.4) is 0 Å². The molecule has 48 heavy (non-hydrogen) atoms. The summed E-state index contributed by atoms with van der Waals surface area (Å²) >= 11 is -2.20. The van der Waals surface area contributed by atoms with Gasteiger partial charge in [-0.1, -0.05) is 0 Å². The summed E-state index contributed by atoms with van der Waals surface area (Å²) in [5.74, 6) is 0. The third-order valence-electron chi connectivity index (χ3n) is 12.2. The number of halogens is 3. The molecule has 0 saturated heterocycles. The minimum atomic E-state index is -2.20. The number of aryl methyl sites for hydroxylation is 6. The Bertz CT molecular complexity index is 1730. The van der Waals surface area contributed by atoms with Crippen molar-refractivity contribution in [3.63, 3.8) is 0 Å². The van der Waals surface area contributed by atoms with Gasteiger partial charge in [0.15, 0.2) is 0 Å². The molecule has 2 atom stereocenters. The minimum Gasteiger partial charge on any atom is -1.00 e. The third kappa shape index (κ3) is 7.48. The molecule has 0 radical (unpaired) electrons. The molecule has 0 heterocycles. The van der Waals surface area contributed by atoms with Crippen LogP contribution in [0.2, 0.25) is 10.1 Å². The van der Waals surface area contributed by atoms with Crippen LogP contribution in [0.25, 0.3) is 0 Å². The molecule has 0 spiro atoms. The van der Waals surface area contributed by atoms with Crippen molar-refractivity contribution in [1.29, 1.82) is 0 Å². The Morgan fingerprint density at radius 3 is 1.12 bits per heavy atom. The van der Waals surface area contributed by atoms with Crippen LogP contribution in [-0.4, -0.2) is 19.0 Å². The molecule has 0 fully saturated rings. The van der Waals surface area contributed by atoms with Crippen LogP contribution in [0, 0.1) is 41.5 Å². The first kappa shape index (κ1) is 42.8. The van der Waals surface area contributed by atoms with Gasteiger partial charge in [-0.15, -0.1) is 0 Å². The second kappa shape index (κ2) is 15.9. The molecule has 256 valence electrons. The maximum absolute atomic E-state index is 2.59. The van der Waals surface area contributed by atoms with E-state index < -0.39 is 36.9 Å². The van der Waals surface area contributed by atoms with Crippen LogP contribution in [-0.2, 0) is 17.9 Å². The van der Waals surface area contributed by atoms with Crippen LogP contribution in [0.4, 0.5) is 0 Å². The van der Waals surface area contributed by atoms with Gasteiger partial charge < -0.3 is 37.2 Å². The van der Waals surface area contributed by atoms with Crippen molar-refractivity contribution in [1.82, 2.24) is 0 Å². The zero-order valence-electron chi connectivity index (χ0n) is 31.7. The Labute approximate surface area is 322 Å². The quantitative estimate of drug-likeness (QED) is 0.282. The molecular weight excluding hydrogens is 715 g/mol. The van der Waals surface area contributed by atoms with Gasteiger partial charge in [-0.2, -0.15) is 0 Å². The van der Waals surface area contributed by atoms with Crippen molar-refractivity contribution in [2.24, 2.45) is 0 Å². The molecule has 6 heteroatoms. The van der Waals surface area contributed by atoms with Crippen molar-refractivity contribution >= 4 is 33.3 Å². The van der Waals surface area contributed by atoms with E-state index in [0.717, 1.165) is 0 Å². The van der Waals surface area contributed by atoms with E-state index in [0.29, 0.717) is 0 Å². The monoisotopic (exact) mass is 768 g/mol. The normalized spacial score (nSPS) is 20.9. The fourth-order valence-corrected chi connectivity index (χ4v) is 20.0. The number of rotatable bonds is 7. The predicted molar refractivity (Wildman–Crippen MR) is 203 cm³/mol. The summed E-state index contributed by atoms with van der Waals surface area (Å²) in [6.07, 6.45) is 0. The van der Waals surface area contributed by atoms with Gasteiger partial charge in [0.25, 0.3) is 0 Å². The van der Waals surface area contributed by atoms with Gasteiger partial charge in [0.1, 0.15) is 0 Å². The predicted octanol–water partition coefficient (Wildman–Crippen LogP) is -0.614. The summed E-state index contributed by atoms with van der Waals surface area (Å²) in [4.78, 5) is 0. The van der Waals surface area contributed by atoms with Crippen LogP contribution >= 0.6 is 0 Å². The van der Waals surface area contributed by atoms with Gasteiger partial charge in [0, 0.05) is 0 Å². The van der Waals surface area contributed by atoms with E-state index in [4.69, 9.17) is 0 Å².